The van der Waals surface area contributed by atoms with Gasteiger partial charge in [0.15, 0.2) is 0 Å². The maximum atomic E-state index is 5.91. The highest BCUT2D eigenvalue weighted by atomic mass is 16.5. The van der Waals surface area contributed by atoms with Crippen molar-refractivity contribution in [3.63, 3.8) is 0 Å². The summed E-state index contributed by atoms with van der Waals surface area (Å²) in [6, 6.07) is 6.18. The lowest BCUT2D eigenvalue weighted by Crippen LogP contribution is -2.01. The number of benzene rings is 1. The van der Waals surface area contributed by atoms with Crippen LogP contribution >= 0.6 is 0 Å². The molecule has 0 radical (unpaired) electrons. The van der Waals surface area contributed by atoms with Crippen LogP contribution in [0.15, 0.2) is 24.5 Å². The second-order valence-electron chi connectivity index (χ2n) is 4.36. The fourth-order valence-electron chi connectivity index (χ4n) is 2.36. The summed E-state index contributed by atoms with van der Waals surface area (Å²) in [7, 11) is 0. The lowest BCUT2D eigenvalue weighted by Gasteiger charge is -2.09. The van der Waals surface area contributed by atoms with Crippen LogP contribution in [0.4, 0.5) is 5.82 Å². The van der Waals surface area contributed by atoms with Crippen molar-refractivity contribution in [2.45, 2.75) is 19.8 Å². The predicted molar refractivity (Wildman–Crippen MR) is 70.5 cm³/mol. The zero-order valence-corrected chi connectivity index (χ0v) is 10.3. The van der Waals surface area contributed by atoms with E-state index in [-0.39, 0.29) is 0 Å². The molecule has 92 valence electrons. The minimum atomic E-state index is 0.569. The molecule has 0 atom stereocenters. The van der Waals surface area contributed by atoms with Crippen molar-refractivity contribution in [2.75, 3.05) is 12.3 Å². The molecule has 0 spiro atoms. The molecule has 1 aliphatic rings. The molecule has 1 aromatic carbocycles. The van der Waals surface area contributed by atoms with Crippen LogP contribution in [0.25, 0.3) is 11.3 Å². The molecule has 2 aromatic rings. The Morgan fingerprint density at radius 1 is 1.33 bits per heavy atom. The molecule has 0 aliphatic carbocycles. The Morgan fingerprint density at radius 3 is 3.06 bits per heavy atom. The Morgan fingerprint density at radius 2 is 2.22 bits per heavy atom. The zero-order valence-electron chi connectivity index (χ0n) is 10.3. The van der Waals surface area contributed by atoms with E-state index >= 15 is 0 Å². The summed E-state index contributed by atoms with van der Waals surface area (Å²) in [5.74, 6) is 1.55. The number of aromatic nitrogens is 2. The normalized spacial score (nSPS) is 13.2. The highest BCUT2D eigenvalue weighted by molar-refractivity contribution is 5.69. The lowest BCUT2D eigenvalue weighted by molar-refractivity contribution is 0.357. The van der Waals surface area contributed by atoms with E-state index in [1.165, 1.54) is 11.9 Å². The number of ether oxygens (including phenoxy) is 1. The van der Waals surface area contributed by atoms with Gasteiger partial charge in [0.05, 0.1) is 12.3 Å². The molecule has 3 rings (SSSR count). The molecule has 0 saturated carbocycles. The summed E-state index contributed by atoms with van der Waals surface area (Å²) < 4.78 is 5.51. The Hall–Kier alpha value is -2.10. The van der Waals surface area contributed by atoms with Gasteiger partial charge in [0.25, 0.3) is 0 Å². The lowest BCUT2D eigenvalue weighted by atomic mass is 10.0. The van der Waals surface area contributed by atoms with Gasteiger partial charge in [-0.3, -0.25) is 0 Å². The molecular formula is C14H15N3O. The van der Waals surface area contributed by atoms with Crippen LogP contribution in [0, 0.1) is 0 Å². The number of anilines is 1. The monoisotopic (exact) mass is 241 g/mol. The molecule has 0 unspecified atom stereocenters. The summed E-state index contributed by atoms with van der Waals surface area (Å²) in [4.78, 5) is 8.42. The van der Waals surface area contributed by atoms with E-state index in [1.54, 1.807) is 0 Å². The van der Waals surface area contributed by atoms with Crippen molar-refractivity contribution >= 4 is 5.82 Å². The first-order valence-corrected chi connectivity index (χ1v) is 6.15. The number of nitrogen functional groups attached to an aromatic ring is 1. The highest BCUT2D eigenvalue weighted by Gasteiger charge is 2.15. The smallest absolute Gasteiger partial charge is 0.130 e. The minimum Gasteiger partial charge on any atom is -0.493 e. The van der Waals surface area contributed by atoms with Gasteiger partial charge in [0, 0.05) is 17.5 Å². The maximum absolute atomic E-state index is 5.91. The van der Waals surface area contributed by atoms with Crippen molar-refractivity contribution in [1.29, 1.82) is 0 Å². The van der Waals surface area contributed by atoms with E-state index in [9.17, 15) is 0 Å². The highest BCUT2D eigenvalue weighted by Crippen LogP contribution is 2.31. The fraction of sp³-hybridized carbons (Fsp3) is 0.286. The molecule has 2 heterocycles. The van der Waals surface area contributed by atoms with Crippen LogP contribution < -0.4 is 10.5 Å². The van der Waals surface area contributed by atoms with Gasteiger partial charge in [-0.1, -0.05) is 6.92 Å². The summed E-state index contributed by atoms with van der Waals surface area (Å²) in [6.07, 6.45) is 3.31. The Labute approximate surface area is 106 Å². The van der Waals surface area contributed by atoms with Crippen LogP contribution in [0.5, 0.6) is 5.75 Å². The quantitative estimate of drug-likeness (QED) is 0.875. The van der Waals surface area contributed by atoms with Gasteiger partial charge in [-0.05, 0) is 30.2 Å². The molecule has 0 amide bonds. The van der Waals surface area contributed by atoms with E-state index < -0.39 is 0 Å². The first-order valence-electron chi connectivity index (χ1n) is 6.15. The zero-order chi connectivity index (χ0) is 12.5. The van der Waals surface area contributed by atoms with Crippen LogP contribution in [-0.2, 0) is 12.8 Å². The average molecular weight is 241 g/mol. The third-order valence-corrected chi connectivity index (χ3v) is 3.30. The van der Waals surface area contributed by atoms with E-state index in [1.807, 2.05) is 12.1 Å². The Balaban J connectivity index is 2.12. The summed E-state index contributed by atoms with van der Waals surface area (Å²) >= 11 is 0. The van der Waals surface area contributed by atoms with Crippen molar-refractivity contribution in [3.05, 3.63) is 35.7 Å². The van der Waals surface area contributed by atoms with E-state index in [2.05, 4.69) is 23.0 Å². The number of nitrogens with zero attached hydrogens (tertiary/aromatic N) is 2. The van der Waals surface area contributed by atoms with Crippen molar-refractivity contribution in [2.24, 2.45) is 0 Å². The summed E-state index contributed by atoms with van der Waals surface area (Å²) in [6.45, 7) is 2.83. The maximum Gasteiger partial charge on any atom is 0.130 e. The number of nitrogens with two attached hydrogens (primary N) is 1. The van der Waals surface area contributed by atoms with E-state index in [0.717, 1.165) is 42.0 Å². The minimum absolute atomic E-state index is 0.569. The van der Waals surface area contributed by atoms with Crippen LogP contribution in [0.3, 0.4) is 0 Å². The van der Waals surface area contributed by atoms with Crippen LogP contribution in [0.1, 0.15) is 18.1 Å². The van der Waals surface area contributed by atoms with Crippen molar-refractivity contribution in [3.8, 4) is 17.0 Å². The SMILES string of the molecule is CCc1c(N)ncnc1-c1ccc2c(c1)CCO2. The standard InChI is InChI=1S/C14H15N3O/c1-2-11-13(16-8-17-14(11)15)10-3-4-12-9(7-10)5-6-18-12/h3-4,7-8H,2,5-6H2,1H3,(H2,15,16,17). The van der Waals surface area contributed by atoms with Crippen LogP contribution in [0.2, 0.25) is 0 Å². The molecule has 0 fully saturated rings. The average Bonchev–Trinajstić information content (AvgIpc) is 2.85. The number of rotatable bonds is 2. The molecule has 1 aromatic heterocycles. The Kier molecular flexibility index (Phi) is 2.63. The molecule has 4 nitrogen and oxygen atoms in total. The summed E-state index contributed by atoms with van der Waals surface area (Å²) in [5.41, 5.74) is 10.2. The van der Waals surface area contributed by atoms with Gasteiger partial charge in [-0.15, -0.1) is 0 Å². The van der Waals surface area contributed by atoms with E-state index in [4.69, 9.17) is 10.5 Å². The third-order valence-electron chi connectivity index (χ3n) is 3.30. The van der Waals surface area contributed by atoms with Crippen LogP contribution in [-0.4, -0.2) is 16.6 Å². The second kappa shape index (κ2) is 4.29. The molecule has 0 bridgehead atoms. The predicted octanol–water partition coefficient (Wildman–Crippen LogP) is 2.22. The molecule has 1 aliphatic heterocycles. The van der Waals surface area contributed by atoms with Gasteiger partial charge in [0.2, 0.25) is 0 Å². The first-order chi connectivity index (χ1) is 8.79. The topological polar surface area (TPSA) is 61.0 Å². The first kappa shape index (κ1) is 11.0. The molecule has 18 heavy (non-hydrogen) atoms. The van der Waals surface area contributed by atoms with Gasteiger partial charge in [0.1, 0.15) is 17.9 Å². The van der Waals surface area contributed by atoms with E-state index in [0.29, 0.717) is 5.82 Å². The number of fused-ring (bicyclic) bond motifs is 1. The van der Waals surface area contributed by atoms with Crippen molar-refractivity contribution < 1.29 is 4.74 Å². The molecular weight excluding hydrogens is 226 g/mol. The molecule has 4 heteroatoms. The van der Waals surface area contributed by atoms with Gasteiger partial charge in [-0.25, -0.2) is 9.97 Å². The molecule has 0 saturated heterocycles. The number of hydrogen-bond donors (Lipinski definition) is 1. The van der Waals surface area contributed by atoms with Crippen molar-refractivity contribution in [1.82, 2.24) is 9.97 Å². The Bertz CT molecular complexity index is 596. The fourth-order valence-corrected chi connectivity index (χ4v) is 2.36. The largest absolute Gasteiger partial charge is 0.493 e. The van der Waals surface area contributed by atoms with Gasteiger partial charge in [-0.2, -0.15) is 0 Å². The van der Waals surface area contributed by atoms with Gasteiger partial charge < -0.3 is 10.5 Å². The number of hydrogen-bond acceptors (Lipinski definition) is 4. The third kappa shape index (κ3) is 1.70. The van der Waals surface area contributed by atoms with Gasteiger partial charge >= 0.3 is 0 Å². The second-order valence-corrected chi connectivity index (χ2v) is 4.36. The summed E-state index contributed by atoms with van der Waals surface area (Å²) in [5, 5.41) is 0. The molecule has 2 N–H and O–H groups in total.